The van der Waals surface area contributed by atoms with Gasteiger partial charge in [-0.15, -0.1) is 0 Å². The standard InChI is InChI=1S/C14H17NO2/c1-14(7-4-8-16-14)13(15)12-9-10-5-2-3-6-11(10)17-12/h2-3,5-6,9,13H,4,7-8,15H2,1H3. The lowest BCUT2D eigenvalue weighted by Gasteiger charge is -2.28. The van der Waals surface area contributed by atoms with Gasteiger partial charge in [0.25, 0.3) is 0 Å². The molecule has 1 aliphatic rings. The lowest BCUT2D eigenvalue weighted by molar-refractivity contribution is -0.00648. The fourth-order valence-corrected chi connectivity index (χ4v) is 2.50. The van der Waals surface area contributed by atoms with E-state index in [1.807, 2.05) is 30.3 Å². The first-order chi connectivity index (χ1) is 8.19. The van der Waals surface area contributed by atoms with Crippen molar-refractivity contribution in [2.24, 2.45) is 5.73 Å². The number of hydrogen-bond acceptors (Lipinski definition) is 3. The Morgan fingerprint density at radius 3 is 2.88 bits per heavy atom. The number of rotatable bonds is 2. The molecule has 0 bridgehead atoms. The third-order valence-corrected chi connectivity index (χ3v) is 3.66. The van der Waals surface area contributed by atoms with Gasteiger partial charge in [0.15, 0.2) is 0 Å². The monoisotopic (exact) mass is 231 g/mol. The van der Waals surface area contributed by atoms with Crippen molar-refractivity contribution in [3.05, 3.63) is 36.1 Å². The van der Waals surface area contributed by atoms with Gasteiger partial charge in [0.2, 0.25) is 0 Å². The third-order valence-electron chi connectivity index (χ3n) is 3.66. The van der Waals surface area contributed by atoms with E-state index in [0.29, 0.717) is 0 Å². The quantitative estimate of drug-likeness (QED) is 0.864. The van der Waals surface area contributed by atoms with Crippen LogP contribution in [0.15, 0.2) is 34.7 Å². The van der Waals surface area contributed by atoms with Crippen LogP contribution in [-0.2, 0) is 4.74 Å². The van der Waals surface area contributed by atoms with Gasteiger partial charge in [0.05, 0.1) is 11.6 Å². The van der Waals surface area contributed by atoms with E-state index in [1.54, 1.807) is 0 Å². The van der Waals surface area contributed by atoms with Gasteiger partial charge in [-0.2, -0.15) is 0 Å². The molecule has 0 spiro atoms. The van der Waals surface area contributed by atoms with Crippen LogP contribution in [0.4, 0.5) is 0 Å². The Labute approximate surface area is 101 Å². The molecule has 1 fully saturated rings. The lowest BCUT2D eigenvalue weighted by atomic mass is 9.92. The van der Waals surface area contributed by atoms with E-state index in [-0.39, 0.29) is 11.6 Å². The van der Waals surface area contributed by atoms with Crippen molar-refractivity contribution in [3.63, 3.8) is 0 Å². The number of hydrogen-bond donors (Lipinski definition) is 1. The molecule has 3 nitrogen and oxygen atoms in total. The molecular formula is C14H17NO2. The number of fused-ring (bicyclic) bond motifs is 1. The summed E-state index contributed by atoms with van der Waals surface area (Å²) in [6, 6.07) is 9.79. The first kappa shape index (κ1) is 10.8. The van der Waals surface area contributed by atoms with Crippen LogP contribution >= 0.6 is 0 Å². The molecule has 3 rings (SSSR count). The van der Waals surface area contributed by atoms with E-state index in [9.17, 15) is 0 Å². The highest BCUT2D eigenvalue weighted by molar-refractivity contribution is 5.77. The van der Waals surface area contributed by atoms with Crippen molar-refractivity contribution in [1.29, 1.82) is 0 Å². The fraction of sp³-hybridized carbons (Fsp3) is 0.429. The third kappa shape index (κ3) is 1.75. The number of nitrogens with two attached hydrogens (primary N) is 1. The van der Waals surface area contributed by atoms with Gasteiger partial charge in [-0.25, -0.2) is 0 Å². The van der Waals surface area contributed by atoms with E-state index in [1.165, 1.54) is 0 Å². The molecule has 1 aliphatic heterocycles. The summed E-state index contributed by atoms with van der Waals surface area (Å²) < 4.78 is 11.6. The second-order valence-electron chi connectivity index (χ2n) is 4.93. The Morgan fingerprint density at radius 2 is 2.18 bits per heavy atom. The predicted octanol–water partition coefficient (Wildman–Crippen LogP) is 3.00. The molecule has 17 heavy (non-hydrogen) atoms. The highest BCUT2D eigenvalue weighted by Crippen LogP contribution is 2.37. The van der Waals surface area contributed by atoms with Crippen molar-refractivity contribution in [3.8, 4) is 0 Å². The zero-order valence-electron chi connectivity index (χ0n) is 9.98. The van der Waals surface area contributed by atoms with Crippen LogP contribution in [0.3, 0.4) is 0 Å². The van der Waals surface area contributed by atoms with E-state index >= 15 is 0 Å². The molecule has 0 aliphatic carbocycles. The summed E-state index contributed by atoms with van der Waals surface area (Å²) >= 11 is 0. The van der Waals surface area contributed by atoms with E-state index in [0.717, 1.165) is 36.2 Å². The van der Waals surface area contributed by atoms with Gasteiger partial charge in [-0.05, 0) is 31.9 Å². The van der Waals surface area contributed by atoms with Crippen molar-refractivity contribution in [1.82, 2.24) is 0 Å². The van der Waals surface area contributed by atoms with Gasteiger partial charge < -0.3 is 14.9 Å². The minimum absolute atomic E-state index is 0.197. The molecule has 2 atom stereocenters. The summed E-state index contributed by atoms with van der Waals surface area (Å²) in [4.78, 5) is 0. The van der Waals surface area contributed by atoms with Crippen LogP contribution in [0.1, 0.15) is 31.6 Å². The Morgan fingerprint density at radius 1 is 1.35 bits per heavy atom. The van der Waals surface area contributed by atoms with Crippen LogP contribution < -0.4 is 5.73 Å². The predicted molar refractivity (Wildman–Crippen MR) is 66.7 cm³/mol. The molecule has 3 heteroatoms. The second-order valence-corrected chi connectivity index (χ2v) is 4.93. The van der Waals surface area contributed by atoms with Crippen molar-refractivity contribution in [2.45, 2.75) is 31.4 Å². The van der Waals surface area contributed by atoms with Crippen molar-refractivity contribution < 1.29 is 9.15 Å². The van der Waals surface area contributed by atoms with Crippen LogP contribution in [0, 0.1) is 0 Å². The second kappa shape index (κ2) is 3.86. The SMILES string of the molecule is CC1(C(N)c2cc3ccccc3o2)CCCO1. The highest BCUT2D eigenvalue weighted by Gasteiger charge is 2.38. The first-order valence-electron chi connectivity index (χ1n) is 6.07. The van der Waals surface area contributed by atoms with Crippen molar-refractivity contribution >= 4 is 11.0 Å². The molecule has 1 aromatic carbocycles. The molecule has 1 saturated heterocycles. The van der Waals surface area contributed by atoms with Gasteiger partial charge in [0.1, 0.15) is 11.3 Å². The maximum Gasteiger partial charge on any atom is 0.134 e. The van der Waals surface area contributed by atoms with Crippen LogP contribution in [0.25, 0.3) is 11.0 Å². The smallest absolute Gasteiger partial charge is 0.134 e. The van der Waals surface area contributed by atoms with Crippen LogP contribution in [0.5, 0.6) is 0 Å². The summed E-state index contributed by atoms with van der Waals surface area (Å²) in [6.07, 6.45) is 2.07. The van der Waals surface area contributed by atoms with Crippen molar-refractivity contribution in [2.75, 3.05) is 6.61 Å². The highest BCUT2D eigenvalue weighted by atomic mass is 16.5. The number of ether oxygens (including phenoxy) is 1. The van der Waals surface area contributed by atoms with Gasteiger partial charge >= 0.3 is 0 Å². The Kier molecular flexibility index (Phi) is 2.45. The summed E-state index contributed by atoms with van der Waals surface area (Å²) in [5.74, 6) is 0.815. The van der Waals surface area contributed by atoms with E-state index in [4.69, 9.17) is 14.9 Å². The van der Waals surface area contributed by atoms with E-state index in [2.05, 4.69) is 6.92 Å². The summed E-state index contributed by atoms with van der Waals surface area (Å²) in [6.45, 7) is 2.86. The lowest BCUT2D eigenvalue weighted by Crippen LogP contribution is -2.37. The maximum atomic E-state index is 6.28. The molecule has 2 heterocycles. The molecule has 0 amide bonds. The minimum atomic E-state index is -0.284. The molecule has 2 unspecified atom stereocenters. The first-order valence-corrected chi connectivity index (χ1v) is 6.07. The Bertz CT molecular complexity index is 493. The topological polar surface area (TPSA) is 48.4 Å². The number of furan rings is 1. The van der Waals surface area contributed by atoms with Gasteiger partial charge in [-0.3, -0.25) is 0 Å². The van der Waals surface area contributed by atoms with Gasteiger partial charge in [-0.1, -0.05) is 18.2 Å². The Balaban J connectivity index is 1.97. The zero-order chi connectivity index (χ0) is 11.9. The molecule has 2 N–H and O–H groups in total. The molecule has 1 aromatic heterocycles. The fourth-order valence-electron chi connectivity index (χ4n) is 2.50. The minimum Gasteiger partial charge on any atom is -0.459 e. The van der Waals surface area contributed by atoms with Gasteiger partial charge in [0, 0.05) is 12.0 Å². The maximum absolute atomic E-state index is 6.28. The van der Waals surface area contributed by atoms with E-state index < -0.39 is 0 Å². The summed E-state index contributed by atoms with van der Waals surface area (Å²) in [5.41, 5.74) is 6.88. The molecule has 0 saturated carbocycles. The normalized spacial score (nSPS) is 26.5. The zero-order valence-corrected chi connectivity index (χ0v) is 9.98. The average molecular weight is 231 g/mol. The number of para-hydroxylation sites is 1. The van der Waals surface area contributed by atoms with Crippen LogP contribution in [0.2, 0.25) is 0 Å². The molecular weight excluding hydrogens is 214 g/mol. The summed E-state index contributed by atoms with van der Waals surface area (Å²) in [5, 5.41) is 1.10. The Hall–Kier alpha value is -1.32. The summed E-state index contributed by atoms with van der Waals surface area (Å²) in [7, 11) is 0. The van der Waals surface area contributed by atoms with Crippen LogP contribution in [-0.4, -0.2) is 12.2 Å². The largest absolute Gasteiger partial charge is 0.459 e. The molecule has 2 aromatic rings. The molecule has 90 valence electrons. The average Bonchev–Trinajstić information content (AvgIpc) is 2.94. The molecule has 0 radical (unpaired) electrons. The number of benzene rings is 1.